The third kappa shape index (κ3) is 6.07. The zero-order valence-electron chi connectivity index (χ0n) is 15.5. The molecule has 3 rings (SSSR count). The van der Waals surface area contributed by atoms with Gasteiger partial charge in [-0.3, -0.25) is 14.5 Å². The summed E-state index contributed by atoms with van der Waals surface area (Å²) in [6.07, 6.45) is 3.63. The standard InChI is InChI=1S/C19H30N4O2S/c24-18(20-7-3-9-23-8-1-5-19(23)25)16-22-13-11-21(12-14-22)10-6-17-4-2-15-26-17/h2,4,15H,1,3,5-14,16H2,(H,20,24). The van der Waals surface area contributed by atoms with E-state index >= 15 is 0 Å². The summed E-state index contributed by atoms with van der Waals surface area (Å²) in [7, 11) is 0. The molecule has 1 N–H and O–H groups in total. The predicted octanol–water partition coefficient (Wildman–Crippen LogP) is 1.04. The minimum Gasteiger partial charge on any atom is -0.355 e. The number of rotatable bonds is 9. The monoisotopic (exact) mass is 378 g/mol. The molecule has 3 heterocycles. The second kappa shape index (κ2) is 10.0. The van der Waals surface area contributed by atoms with Crippen LogP contribution in [-0.2, 0) is 16.0 Å². The average Bonchev–Trinajstić information content (AvgIpc) is 3.30. The molecular formula is C19H30N4O2S. The Labute approximate surface area is 160 Å². The van der Waals surface area contributed by atoms with E-state index in [1.54, 1.807) is 0 Å². The highest BCUT2D eigenvalue weighted by molar-refractivity contribution is 7.09. The summed E-state index contributed by atoms with van der Waals surface area (Å²) < 4.78 is 0. The minimum atomic E-state index is 0.102. The predicted molar refractivity (Wildman–Crippen MR) is 104 cm³/mol. The minimum absolute atomic E-state index is 0.102. The van der Waals surface area contributed by atoms with Crippen LogP contribution in [-0.4, -0.2) is 85.4 Å². The van der Waals surface area contributed by atoms with E-state index in [-0.39, 0.29) is 11.8 Å². The molecule has 0 atom stereocenters. The van der Waals surface area contributed by atoms with Crippen LogP contribution in [0.25, 0.3) is 0 Å². The number of piperazine rings is 1. The summed E-state index contributed by atoms with van der Waals surface area (Å²) in [4.78, 5) is 31.7. The van der Waals surface area contributed by atoms with Gasteiger partial charge in [0, 0.05) is 63.7 Å². The number of amides is 2. The van der Waals surface area contributed by atoms with Crippen molar-refractivity contribution in [3.63, 3.8) is 0 Å². The number of nitrogens with zero attached hydrogens (tertiary/aromatic N) is 3. The summed E-state index contributed by atoms with van der Waals surface area (Å²) in [6, 6.07) is 4.31. The van der Waals surface area contributed by atoms with Crippen molar-refractivity contribution in [1.82, 2.24) is 20.0 Å². The molecule has 7 heteroatoms. The van der Waals surface area contributed by atoms with Crippen LogP contribution in [0.15, 0.2) is 17.5 Å². The molecule has 0 aliphatic carbocycles. The van der Waals surface area contributed by atoms with Crippen LogP contribution < -0.4 is 5.32 Å². The van der Waals surface area contributed by atoms with E-state index in [9.17, 15) is 9.59 Å². The van der Waals surface area contributed by atoms with Crippen LogP contribution in [0.3, 0.4) is 0 Å². The van der Waals surface area contributed by atoms with Crippen molar-refractivity contribution in [3.05, 3.63) is 22.4 Å². The fourth-order valence-electron chi connectivity index (χ4n) is 3.59. The Bertz CT molecular complexity index is 570. The SMILES string of the molecule is O=C(CN1CCN(CCc2cccs2)CC1)NCCCN1CCCC1=O. The maximum atomic E-state index is 12.1. The van der Waals surface area contributed by atoms with Gasteiger partial charge in [0.25, 0.3) is 0 Å². The van der Waals surface area contributed by atoms with E-state index in [2.05, 4.69) is 32.6 Å². The van der Waals surface area contributed by atoms with Crippen LogP contribution in [0.4, 0.5) is 0 Å². The lowest BCUT2D eigenvalue weighted by Crippen LogP contribution is -2.49. The molecule has 0 bridgehead atoms. The molecule has 0 aromatic carbocycles. The number of carbonyl (C=O) groups excluding carboxylic acids is 2. The van der Waals surface area contributed by atoms with Gasteiger partial charge in [-0.2, -0.15) is 0 Å². The molecule has 2 aliphatic heterocycles. The highest BCUT2D eigenvalue weighted by Gasteiger charge is 2.20. The van der Waals surface area contributed by atoms with Gasteiger partial charge in [0.2, 0.25) is 11.8 Å². The molecule has 1 aromatic rings. The van der Waals surface area contributed by atoms with E-state index in [1.165, 1.54) is 4.88 Å². The van der Waals surface area contributed by atoms with E-state index in [0.29, 0.717) is 19.5 Å². The molecule has 26 heavy (non-hydrogen) atoms. The molecule has 2 amide bonds. The summed E-state index contributed by atoms with van der Waals surface area (Å²) in [5.74, 6) is 0.359. The van der Waals surface area contributed by atoms with Gasteiger partial charge in [0.15, 0.2) is 0 Å². The summed E-state index contributed by atoms with van der Waals surface area (Å²) in [5, 5.41) is 5.13. The number of hydrogen-bond donors (Lipinski definition) is 1. The van der Waals surface area contributed by atoms with E-state index < -0.39 is 0 Å². The number of nitrogens with one attached hydrogen (secondary N) is 1. The quantitative estimate of drug-likeness (QED) is 0.653. The van der Waals surface area contributed by atoms with Crippen molar-refractivity contribution in [2.45, 2.75) is 25.7 Å². The highest BCUT2D eigenvalue weighted by atomic mass is 32.1. The molecule has 144 valence electrons. The summed E-state index contributed by atoms with van der Waals surface area (Å²) in [5.41, 5.74) is 0. The first kappa shape index (κ1) is 19.3. The van der Waals surface area contributed by atoms with Crippen molar-refractivity contribution in [1.29, 1.82) is 0 Å². The van der Waals surface area contributed by atoms with E-state index in [0.717, 1.165) is 65.1 Å². The molecule has 0 spiro atoms. The first-order valence-corrected chi connectivity index (χ1v) is 10.6. The van der Waals surface area contributed by atoms with Gasteiger partial charge in [-0.05, 0) is 30.7 Å². The van der Waals surface area contributed by atoms with Gasteiger partial charge in [0.1, 0.15) is 0 Å². The Morgan fingerprint density at radius 1 is 1.12 bits per heavy atom. The van der Waals surface area contributed by atoms with Crippen molar-refractivity contribution < 1.29 is 9.59 Å². The van der Waals surface area contributed by atoms with Gasteiger partial charge in [0.05, 0.1) is 6.54 Å². The molecule has 2 fully saturated rings. The number of likely N-dealkylation sites (tertiary alicyclic amines) is 1. The lowest BCUT2D eigenvalue weighted by Gasteiger charge is -2.34. The van der Waals surface area contributed by atoms with Crippen LogP contribution in [0.2, 0.25) is 0 Å². The Morgan fingerprint density at radius 2 is 1.92 bits per heavy atom. The number of thiophene rings is 1. The molecule has 2 aliphatic rings. The van der Waals surface area contributed by atoms with Gasteiger partial charge in [-0.15, -0.1) is 11.3 Å². The highest BCUT2D eigenvalue weighted by Crippen LogP contribution is 2.11. The normalized spacial score (nSPS) is 19.2. The number of carbonyl (C=O) groups is 2. The van der Waals surface area contributed by atoms with Gasteiger partial charge >= 0.3 is 0 Å². The van der Waals surface area contributed by atoms with Crippen LogP contribution in [0.1, 0.15) is 24.1 Å². The van der Waals surface area contributed by atoms with Gasteiger partial charge in [-0.1, -0.05) is 6.07 Å². The van der Waals surface area contributed by atoms with Crippen molar-refractivity contribution >= 4 is 23.2 Å². The fourth-order valence-corrected chi connectivity index (χ4v) is 4.29. The zero-order valence-corrected chi connectivity index (χ0v) is 16.3. The third-order valence-electron chi connectivity index (χ3n) is 5.19. The molecule has 0 saturated carbocycles. The maximum Gasteiger partial charge on any atom is 0.234 e. The molecule has 6 nitrogen and oxygen atoms in total. The maximum absolute atomic E-state index is 12.1. The van der Waals surface area contributed by atoms with Crippen LogP contribution in [0, 0.1) is 0 Å². The Kier molecular flexibility index (Phi) is 7.46. The smallest absolute Gasteiger partial charge is 0.234 e. The Morgan fingerprint density at radius 3 is 2.62 bits per heavy atom. The first-order valence-electron chi connectivity index (χ1n) is 9.72. The Hall–Kier alpha value is -1.44. The average molecular weight is 379 g/mol. The van der Waals surface area contributed by atoms with Crippen molar-refractivity contribution in [2.75, 3.05) is 58.9 Å². The van der Waals surface area contributed by atoms with E-state index in [1.807, 2.05) is 16.2 Å². The van der Waals surface area contributed by atoms with Gasteiger partial charge < -0.3 is 15.1 Å². The molecule has 0 radical (unpaired) electrons. The third-order valence-corrected chi connectivity index (χ3v) is 6.12. The molecular weight excluding hydrogens is 348 g/mol. The Balaban J connectivity index is 1.23. The lowest BCUT2D eigenvalue weighted by molar-refractivity contribution is -0.127. The lowest BCUT2D eigenvalue weighted by atomic mass is 10.2. The molecule has 2 saturated heterocycles. The van der Waals surface area contributed by atoms with Crippen molar-refractivity contribution in [3.8, 4) is 0 Å². The van der Waals surface area contributed by atoms with E-state index in [4.69, 9.17) is 0 Å². The topological polar surface area (TPSA) is 55.9 Å². The largest absolute Gasteiger partial charge is 0.355 e. The number of hydrogen-bond acceptors (Lipinski definition) is 5. The zero-order chi connectivity index (χ0) is 18.2. The van der Waals surface area contributed by atoms with Gasteiger partial charge in [-0.25, -0.2) is 0 Å². The summed E-state index contributed by atoms with van der Waals surface area (Å²) in [6.45, 7) is 7.89. The van der Waals surface area contributed by atoms with Crippen molar-refractivity contribution in [2.24, 2.45) is 0 Å². The molecule has 0 unspecified atom stereocenters. The van der Waals surface area contributed by atoms with Crippen LogP contribution in [0.5, 0.6) is 0 Å². The second-order valence-corrected chi connectivity index (χ2v) is 8.17. The molecule has 1 aromatic heterocycles. The summed E-state index contributed by atoms with van der Waals surface area (Å²) >= 11 is 1.83. The second-order valence-electron chi connectivity index (χ2n) is 7.13. The first-order chi connectivity index (χ1) is 12.7. The fraction of sp³-hybridized carbons (Fsp3) is 0.684. The van der Waals surface area contributed by atoms with Crippen LogP contribution >= 0.6 is 11.3 Å².